The third kappa shape index (κ3) is 7.11. The zero-order chi connectivity index (χ0) is 38.3. The molecule has 0 bridgehead atoms. The molecule has 3 N–H and O–H groups in total. The Bertz CT molecular complexity index is 2170. The molecule has 4 amide bonds. The highest BCUT2D eigenvalue weighted by molar-refractivity contribution is 6.05. The van der Waals surface area contributed by atoms with Gasteiger partial charge in [-0.05, 0) is 54.8 Å². The number of nitrogens with zero attached hydrogens (tertiary/aromatic N) is 8. The summed E-state index contributed by atoms with van der Waals surface area (Å²) < 4.78 is 20.9. The SMILES string of the molecule is Cc1c(N2CCc3cnc(Nc4ccc(CC(=O)N5CC(N6CCN(c7ccc(N8CCC(=O)NC8=O)cc7F)CC6)C5)cc4)nc3C2)cnc2c1NCCO2. The first kappa shape index (κ1) is 35.7. The zero-order valence-corrected chi connectivity index (χ0v) is 31.3. The van der Waals surface area contributed by atoms with Crippen LogP contribution in [0.5, 0.6) is 5.88 Å². The van der Waals surface area contributed by atoms with Gasteiger partial charge in [-0.1, -0.05) is 12.1 Å². The molecular weight excluding hydrogens is 718 g/mol. The minimum absolute atomic E-state index is 0.102. The molecule has 5 aliphatic heterocycles. The van der Waals surface area contributed by atoms with Crippen LogP contribution in [0.15, 0.2) is 54.9 Å². The van der Waals surface area contributed by atoms with E-state index in [9.17, 15) is 14.4 Å². The van der Waals surface area contributed by atoms with Gasteiger partial charge in [-0.15, -0.1) is 0 Å². The number of anilines is 6. The summed E-state index contributed by atoms with van der Waals surface area (Å²) in [5.41, 5.74) is 8.00. The summed E-state index contributed by atoms with van der Waals surface area (Å²) in [5, 5.41) is 9.03. The normalized spacial score (nSPS) is 18.7. The second-order valence-electron chi connectivity index (χ2n) is 14.9. The van der Waals surface area contributed by atoms with Gasteiger partial charge in [-0.3, -0.25) is 24.7 Å². The summed E-state index contributed by atoms with van der Waals surface area (Å²) in [6, 6.07) is 12.4. The van der Waals surface area contributed by atoms with Crippen LogP contribution in [0.2, 0.25) is 0 Å². The second kappa shape index (κ2) is 14.9. The van der Waals surface area contributed by atoms with E-state index in [0.717, 1.165) is 72.0 Å². The fourth-order valence-corrected chi connectivity index (χ4v) is 8.17. The van der Waals surface area contributed by atoms with Gasteiger partial charge >= 0.3 is 6.03 Å². The molecule has 4 aromatic rings. The van der Waals surface area contributed by atoms with Crippen LogP contribution in [-0.4, -0.2) is 114 Å². The third-order valence-electron chi connectivity index (χ3n) is 11.5. The van der Waals surface area contributed by atoms with E-state index < -0.39 is 11.8 Å². The Morgan fingerprint density at radius 1 is 0.946 bits per heavy atom. The van der Waals surface area contributed by atoms with E-state index in [0.29, 0.717) is 69.0 Å². The topological polar surface area (TPSA) is 151 Å². The zero-order valence-electron chi connectivity index (χ0n) is 31.3. The van der Waals surface area contributed by atoms with E-state index in [1.165, 1.54) is 11.0 Å². The Hall–Kier alpha value is -6.03. The molecule has 2 aromatic heterocycles. The molecule has 3 saturated heterocycles. The number of benzene rings is 2. The number of halogens is 1. The fraction of sp³-hybridized carbons (Fsp3) is 0.400. The van der Waals surface area contributed by atoms with E-state index in [-0.39, 0.29) is 30.8 Å². The van der Waals surface area contributed by atoms with E-state index in [4.69, 9.17) is 9.72 Å². The predicted octanol–water partition coefficient (Wildman–Crippen LogP) is 3.45. The number of imide groups is 1. The van der Waals surface area contributed by atoms with E-state index >= 15 is 4.39 Å². The van der Waals surface area contributed by atoms with Crippen LogP contribution in [0.25, 0.3) is 0 Å². The molecule has 0 saturated carbocycles. The summed E-state index contributed by atoms with van der Waals surface area (Å²) in [7, 11) is 0. The Morgan fingerprint density at radius 2 is 1.77 bits per heavy atom. The van der Waals surface area contributed by atoms with Gasteiger partial charge in [0.15, 0.2) is 0 Å². The molecule has 16 heteroatoms. The van der Waals surface area contributed by atoms with Gasteiger partial charge in [-0.2, -0.15) is 0 Å². The van der Waals surface area contributed by atoms with Crippen LogP contribution in [0.1, 0.15) is 28.8 Å². The number of aromatic nitrogens is 3. The molecule has 7 heterocycles. The monoisotopic (exact) mass is 761 g/mol. The summed E-state index contributed by atoms with van der Waals surface area (Å²) >= 11 is 0. The molecule has 290 valence electrons. The maximum Gasteiger partial charge on any atom is 0.328 e. The molecule has 0 aliphatic carbocycles. The number of pyridine rings is 1. The molecule has 0 spiro atoms. The van der Waals surface area contributed by atoms with Gasteiger partial charge in [0.05, 0.1) is 36.2 Å². The van der Waals surface area contributed by atoms with Crippen LogP contribution in [0.3, 0.4) is 0 Å². The first-order valence-electron chi connectivity index (χ1n) is 19.3. The van der Waals surface area contributed by atoms with Crippen molar-refractivity contribution in [2.75, 3.05) is 90.8 Å². The average molecular weight is 762 g/mol. The summed E-state index contributed by atoms with van der Waals surface area (Å²) in [6.07, 6.45) is 5.16. The number of ether oxygens (including phenoxy) is 1. The number of hydrogen-bond acceptors (Lipinski definition) is 12. The molecule has 0 atom stereocenters. The number of fused-ring (bicyclic) bond motifs is 2. The minimum Gasteiger partial charge on any atom is -0.474 e. The predicted molar refractivity (Wildman–Crippen MR) is 209 cm³/mol. The Morgan fingerprint density at radius 3 is 2.55 bits per heavy atom. The van der Waals surface area contributed by atoms with Gasteiger partial charge in [0, 0.05) is 94.5 Å². The number of carbonyl (C=O) groups is 3. The standard InChI is InChI=1S/C40H44FN11O4/c1-25-34(21-43-38-37(25)42-10-17-56-38)50-11-8-27-20-44-39(46-32(27)24-50)45-28-4-2-26(3-5-28)18-36(54)51-22-30(23-51)48-13-15-49(16-14-48)33-7-6-29(19-31(33)41)52-12-9-35(53)47-40(52)55/h2-7,19-21,30,42H,8-18,22-24H2,1H3,(H,44,45,46)(H,47,53,55). The summed E-state index contributed by atoms with van der Waals surface area (Å²) in [5.74, 6) is 0.571. The first-order chi connectivity index (χ1) is 27.3. The van der Waals surface area contributed by atoms with Crippen molar-refractivity contribution in [3.63, 3.8) is 0 Å². The number of rotatable bonds is 8. The van der Waals surface area contributed by atoms with Crippen molar-refractivity contribution in [2.24, 2.45) is 0 Å². The Labute approximate surface area is 323 Å². The molecule has 0 radical (unpaired) electrons. The number of amides is 4. The average Bonchev–Trinajstić information content (AvgIpc) is 3.18. The number of piperazine rings is 1. The Balaban J connectivity index is 0.736. The maximum atomic E-state index is 15.2. The third-order valence-corrected chi connectivity index (χ3v) is 11.5. The molecule has 9 rings (SSSR count). The number of urea groups is 1. The van der Waals surface area contributed by atoms with Crippen LogP contribution in [0.4, 0.5) is 43.6 Å². The van der Waals surface area contributed by atoms with Crippen LogP contribution >= 0.6 is 0 Å². The summed E-state index contributed by atoms with van der Waals surface area (Å²) in [6.45, 7) is 9.45. The first-order valence-corrected chi connectivity index (χ1v) is 19.3. The lowest BCUT2D eigenvalue weighted by molar-refractivity contribution is -0.138. The largest absolute Gasteiger partial charge is 0.474 e. The molecule has 2 aromatic carbocycles. The van der Waals surface area contributed by atoms with Crippen molar-refractivity contribution in [1.29, 1.82) is 0 Å². The number of carbonyl (C=O) groups excluding carboxylic acids is 3. The maximum absolute atomic E-state index is 15.2. The second-order valence-corrected chi connectivity index (χ2v) is 14.9. The minimum atomic E-state index is -0.532. The quantitative estimate of drug-likeness (QED) is 0.241. The Kier molecular flexibility index (Phi) is 9.49. The molecular formula is C40H44FN11O4. The van der Waals surface area contributed by atoms with Gasteiger partial charge in [0.1, 0.15) is 18.1 Å². The van der Waals surface area contributed by atoms with Crippen molar-refractivity contribution in [2.45, 2.75) is 38.8 Å². The van der Waals surface area contributed by atoms with Crippen molar-refractivity contribution < 1.29 is 23.5 Å². The number of nitrogens with one attached hydrogen (secondary N) is 3. The molecule has 0 unspecified atom stereocenters. The molecule has 5 aliphatic rings. The molecule has 3 fully saturated rings. The van der Waals surface area contributed by atoms with Gasteiger partial charge in [-0.25, -0.2) is 24.1 Å². The highest BCUT2D eigenvalue weighted by atomic mass is 19.1. The van der Waals surface area contributed by atoms with Gasteiger partial charge in [0.25, 0.3) is 0 Å². The molecule has 15 nitrogen and oxygen atoms in total. The lowest BCUT2D eigenvalue weighted by Gasteiger charge is -2.48. The lowest BCUT2D eigenvalue weighted by atomic mass is 10.0. The summed E-state index contributed by atoms with van der Waals surface area (Å²) in [4.78, 5) is 60.8. The smallest absolute Gasteiger partial charge is 0.328 e. The number of hydrogen-bond donors (Lipinski definition) is 3. The van der Waals surface area contributed by atoms with E-state index in [1.807, 2.05) is 46.5 Å². The van der Waals surface area contributed by atoms with Crippen LogP contribution in [0, 0.1) is 12.7 Å². The lowest BCUT2D eigenvalue weighted by Crippen LogP contribution is -2.64. The molecule has 56 heavy (non-hydrogen) atoms. The highest BCUT2D eigenvalue weighted by Gasteiger charge is 2.36. The van der Waals surface area contributed by atoms with E-state index in [2.05, 4.69) is 42.6 Å². The van der Waals surface area contributed by atoms with Crippen molar-refractivity contribution in [1.82, 2.24) is 30.1 Å². The van der Waals surface area contributed by atoms with Crippen molar-refractivity contribution in [3.05, 3.63) is 83.1 Å². The number of likely N-dealkylation sites (tertiary alicyclic amines) is 1. The van der Waals surface area contributed by atoms with Gasteiger partial charge < -0.3 is 30.1 Å². The van der Waals surface area contributed by atoms with Crippen LogP contribution < -0.4 is 35.4 Å². The van der Waals surface area contributed by atoms with Crippen molar-refractivity contribution >= 4 is 52.2 Å². The van der Waals surface area contributed by atoms with Crippen LogP contribution in [-0.2, 0) is 29.0 Å². The van der Waals surface area contributed by atoms with Gasteiger partial charge in [0.2, 0.25) is 23.6 Å². The van der Waals surface area contributed by atoms with E-state index in [1.54, 1.807) is 12.1 Å². The fourth-order valence-electron chi connectivity index (χ4n) is 8.17. The highest BCUT2D eigenvalue weighted by Crippen LogP contribution is 2.36. The van der Waals surface area contributed by atoms with Crippen molar-refractivity contribution in [3.8, 4) is 5.88 Å².